The van der Waals surface area contributed by atoms with E-state index in [9.17, 15) is 4.79 Å². The zero-order chi connectivity index (χ0) is 25.3. The van der Waals surface area contributed by atoms with E-state index in [-0.39, 0.29) is 24.0 Å². The second kappa shape index (κ2) is 13.4. The fourth-order valence-corrected chi connectivity index (χ4v) is 5.97. The maximum atomic E-state index is 12.3. The van der Waals surface area contributed by atoms with Crippen LogP contribution in [0.2, 0.25) is 0 Å². The van der Waals surface area contributed by atoms with Crippen LogP contribution in [0.15, 0.2) is 30.5 Å². The molecule has 0 unspecified atom stereocenters. The summed E-state index contributed by atoms with van der Waals surface area (Å²) in [6.45, 7) is 9.71. The number of likely N-dealkylation sites (tertiary alicyclic amines) is 1. The van der Waals surface area contributed by atoms with Gasteiger partial charge in [-0.1, -0.05) is 32.3 Å². The van der Waals surface area contributed by atoms with Gasteiger partial charge in [0.1, 0.15) is 17.4 Å². The Morgan fingerprint density at radius 2 is 1.86 bits per heavy atom. The average molecular weight is 494 g/mol. The van der Waals surface area contributed by atoms with Crippen LogP contribution in [0.25, 0.3) is 10.9 Å². The van der Waals surface area contributed by atoms with Gasteiger partial charge in [0.2, 0.25) is 5.91 Å². The van der Waals surface area contributed by atoms with Gasteiger partial charge in [-0.3, -0.25) is 9.78 Å². The normalized spacial score (nSPS) is 21.7. The molecule has 4 rings (SSSR count). The molecule has 0 atom stereocenters. The number of ether oxygens (including phenoxy) is 1. The first-order valence-electron chi connectivity index (χ1n) is 14.6. The van der Waals surface area contributed by atoms with Crippen LogP contribution in [-0.4, -0.2) is 47.6 Å². The molecular formula is C31H47N3O2. The van der Waals surface area contributed by atoms with Gasteiger partial charge in [0.05, 0.1) is 0 Å². The summed E-state index contributed by atoms with van der Waals surface area (Å²) in [6, 6.07) is 8.97. The van der Waals surface area contributed by atoms with E-state index in [1.165, 1.54) is 56.0 Å². The Bertz CT molecular complexity index is 959. The van der Waals surface area contributed by atoms with Gasteiger partial charge in [-0.05, 0) is 94.9 Å². The molecule has 2 aromatic rings. The Labute approximate surface area is 218 Å². The maximum absolute atomic E-state index is 12.3. The van der Waals surface area contributed by atoms with E-state index in [2.05, 4.69) is 40.3 Å². The second-order valence-corrected chi connectivity index (χ2v) is 11.5. The van der Waals surface area contributed by atoms with Crippen LogP contribution >= 0.6 is 0 Å². The Hall–Kier alpha value is -2.14. The number of unbranched alkanes of at least 4 members (excludes halogenated alkanes) is 3. The minimum Gasteiger partial charge on any atom is -0.488 e. The first-order valence-corrected chi connectivity index (χ1v) is 14.6. The molecule has 0 bridgehead atoms. The van der Waals surface area contributed by atoms with Crippen molar-refractivity contribution in [3.63, 3.8) is 0 Å². The largest absolute Gasteiger partial charge is 0.488 e. The molecule has 5 heteroatoms. The highest BCUT2D eigenvalue weighted by Gasteiger charge is 2.29. The Morgan fingerprint density at radius 3 is 2.58 bits per heavy atom. The van der Waals surface area contributed by atoms with Crippen LogP contribution < -0.4 is 10.1 Å². The fourth-order valence-electron chi connectivity index (χ4n) is 5.97. The van der Waals surface area contributed by atoms with E-state index in [0.29, 0.717) is 0 Å². The lowest BCUT2D eigenvalue weighted by molar-refractivity contribution is -0.126. The van der Waals surface area contributed by atoms with Crippen LogP contribution in [0, 0.1) is 11.8 Å². The summed E-state index contributed by atoms with van der Waals surface area (Å²) < 4.78 is 6.61. The molecule has 1 aliphatic carbocycles. The molecule has 1 saturated carbocycles. The van der Waals surface area contributed by atoms with Crippen molar-refractivity contribution < 1.29 is 9.53 Å². The number of hydrogen-bond donors (Lipinski definition) is 1. The van der Waals surface area contributed by atoms with Crippen molar-refractivity contribution >= 4 is 16.8 Å². The zero-order valence-electron chi connectivity index (χ0n) is 22.8. The quantitative estimate of drug-likeness (QED) is 0.362. The number of amides is 1. The van der Waals surface area contributed by atoms with Gasteiger partial charge in [0, 0.05) is 43.2 Å². The third-order valence-corrected chi connectivity index (χ3v) is 8.04. The van der Waals surface area contributed by atoms with Gasteiger partial charge in [-0.25, -0.2) is 0 Å². The second-order valence-electron chi connectivity index (χ2n) is 11.5. The molecule has 2 aliphatic rings. The van der Waals surface area contributed by atoms with Crippen molar-refractivity contribution in [3.8, 4) is 5.75 Å². The number of pyridine rings is 1. The van der Waals surface area contributed by atoms with Crippen molar-refractivity contribution in [3.05, 3.63) is 36.0 Å². The topological polar surface area (TPSA) is 54.5 Å². The van der Waals surface area contributed by atoms with E-state index < -0.39 is 0 Å². The summed E-state index contributed by atoms with van der Waals surface area (Å²) in [6.07, 6.45) is 14.9. The molecule has 0 radical (unpaired) electrons. The number of carbonyl (C=O) groups excluding carboxylic acids is 1. The number of rotatable bonds is 11. The number of benzene rings is 1. The number of piperidine rings is 1. The number of aryl methyl sites for hydroxylation is 1. The van der Waals surface area contributed by atoms with Crippen LogP contribution in [-0.2, 0) is 11.2 Å². The smallest absolute Gasteiger partial charge is 0.223 e. The number of carbonyl (C=O) groups is 1. The summed E-state index contributed by atoms with van der Waals surface area (Å²) in [5.74, 6) is 2.17. The van der Waals surface area contributed by atoms with Crippen LogP contribution in [0.5, 0.6) is 5.75 Å². The molecule has 1 aromatic carbocycles. The number of nitrogens with one attached hydrogen (secondary N) is 1. The summed E-state index contributed by atoms with van der Waals surface area (Å²) in [4.78, 5) is 19.6. The molecule has 5 nitrogen and oxygen atoms in total. The first kappa shape index (κ1) is 26.9. The van der Waals surface area contributed by atoms with E-state index in [1.54, 1.807) is 0 Å². The lowest BCUT2D eigenvalue weighted by Gasteiger charge is -2.36. The number of fused-ring (bicyclic) bond motifs is 1. The molecule has 1 saturated heterocycles. The monoisotopic (exact) mass is 493 g/mol. The Kier molecular flexibility index (Phi) is 10.0. The summed E-state index contributed by atoms with van der Waals surface area (Å²) in [5, 5.41) is 4.29. The molecular weight excluding hydrogens is 446 g/mol. The van der Waals surface area contributed by atoms with Gasteiger partial charge in [0.15, 0.2) is 0 Å². The Morgan fingerprint density at radius 1 is 1.08 bits per heavy atom. The number of hydrogen-bond acceptors (Lipinski definition) is 4. The maximum Gasteiger partial charge on any atom is 0.223 e. The predicted octanol–water partition coefficient (Wildman–Crippen LogP) is 6.53. The third kappa shape index (κ3) is 7.68. The minimum absolute atomic E-state index is 0.216. The van der Waals surface area contributed by atoms with E-state index in [0.717, 1.165) is 62.4 Å². The van der Waals surface area contributed by atoms with Crippen LogP contribution in [0.4, 0.5) is 0 Å². The molecule has 0 spiro atoms. The SMILES string of the molecule is CCCCCCc1cc(OC2CCN(C[C@H]3CC[C@H](C(=O)NC(C)C)CC3)CC2)c2ncccc2c1. The summed E-state index contributed by atoms with van der Waals surface area (Å²) in [7, 11) is 0. The Balaban J connectivity index is 1.26. The van der Waals surface area contributed by atoms with Crippen molar-refractivity contribution in [2.75, 3.05) is 19.6 Å². The summed E-state index contributed by atoms with van der Waals surface area (Å²) >= 11 is 0. The van der Waals surface area contributed by atoms with Gasteiger partial charge in [0.25, 0.3) is 0 Å². The standard InChI is InChI=1S/C31H47N3O2/c1-4-5-6-7-9-25-20-27-10-8-17-32-30(27)29(21-25)36-28-15-18-34(19-16-28)22-24-11-13-26(14-12-24)31(35)33-23(2)3/h8,10,17,20-21,23-24,26,28H,4-7,9,11-16,18-19,22H2,1-3H3,(H,33,35)/t24-,26-. The van der Waals surface area contributed by atoms with E-state index in [1.807, 2.05) is 26.1 Å². The fraction of sp³-hybridized carbons (Fsp3) is 0.677. The molecule has 1 N–H and O–H groups in total. The summed E-state index contributed by atoms with van der Waals surface area (Å²) in [5.41, 5.74) is 2.37. The zero-order valence-corrected chi connectivity index (χ0v) is 22.8. The lowest BCUT2D eigenvalue weighted by Crippen LogP contribution is -2.42. The van der Waals surface area contributed by atoms with Gasteiger partial charge in [-0.15, -0.1) is 0 Å². The minimum atomic E-state index is 0.216. The highest BCUT2D eigenvalue weighted by Crippen LogP contribution is 2.32. The van der Waals surface area contributed by atoms with Gasteiger partial charge >= 0.3 is 0 Å². The van der Waals surface area contributed by atoms with Gasteiger partial charge in [-0.2, -0.15) is 0 Å². The number of aromatic nitrogens is 1. The lowest BCUT2D eigenvalue weighted by atomic mass is 9.81. The van der Waals surface area contributed by atoms with Crippen LogP contribution in [0.1, 0.15) is 90.5 Å². The van der Waals surface area contributed by atoms with Crippen molar-refractivity contribution in [2.24, 2.45) is 11.8 Å². The van der Waals surface area contributed by atoms with Crippen molar-refractivity contribution in [1.82, 2.24) is 15.2 Å². The highest BCUT2D eigenvalue weighted by atomic mass is 16.5. The highest BCUT2D eigenvalue weighted by molar-refractivity contribution is 5.85. The van der Waals surface area contributed by atoms with Crippen LogP contribution in [0.3, 0.4) is 0 Å². The molecule has 1 aromatic heterocycles. The van der Waals surface area contributed by atoms with Crippen molar-refractivity contribution in [1.29, 1.82) is 0 Å². The molecule has 2 fully saturated rings. The average Bonchev–Trinajstić information content (AvgIpc) is 2.88. The third-order valence-electron chi connectivity index (χ3n) is 8.04. The molecule has 1 amide bonds. The molecule has 1 aliphatic heterocycles. The predicted molar refractivity (Wildman–Crippen MR) is 148 cm³/mol. The van der Waals surface area contributed by atoms with Gasteiger partial charge < -0.3 is 15.0 Å². The van der Waals surface area contributed by atoms with Crippen molar-refractivity contribution in [2.45, 2.75) is 104 Å². The van der Waals surface area contributed by atoms with E-state index >= 15 is 0 Å². The molecule has 2 heterocycles. The first-order chi connectivity index (χ1) is 17.5. The number of nitrogens with zero attached hydrogens (tertiary/aromatic N) is 2. The molecule has 198 valence electrons. The molecule has 36 heavy (non-hydrogen) atoms. The van der Waals surface area contributed by atoms with E-state index in [4.69, 9.17) is 4.74 Å².